The van der Waals surface area contributed by atoms with E-state index in [1.54, 1.807) is 11.3 Å². The number of aromatic nitrogens is 2. The lowest BCUT2D eigenvalue weighted by atomic mass is 10.2. The van der Waals surface area contributed by atoms with Gasteiger partial charge < -0.3 is 4.57 Å². The van der Waals surface area contributed by atoms with E-state index in [1.807, 2.05) is 12.1 Å². The van der Waals surface area contributed by atoms with Crippen LogP contribution in [-0.4, -0.2) is 9.55 Å². The van der Waals surface area contributed by atoms with Gasteiger partial charge in [-0.2, -0.15) is 0 Å². The second kappa shape index (κ2) is 4.41. The molecule has 2 aromatic heterocycles. The normalized spacial score (nSPS) is 11.3. The van der Waals surface area contributed by atoms with Gasteiger partial charge >= 0.3 is 0 Å². The predicted molar refractivity (Wildman–Crippen MR) is 77.6 cm³/mol. The molecule has 0 aliphatic carbocycles. The molecule has 0 amide bonds. The van der Waals surface area contributed by atoms with Gasteiger partial charge in [-0.3, -0.25) is 0 Å². The number of halogens is 1. The molecule has 0 atom stereocenters. The number of hydrogen-bond donors (Lipinski definition) is 0. The van der Waals surface area contributed by atoms with E-state index in [9.17, 15) is 0 Å². The van der Waals surface area contributed by atoms with Gasteiger partial charge in [-0.1, -0.05) is 17.7 Å². The van der Waals surface area contributed by atoms with Crippen molar-refractivity contribution in [3.8, 4) is 0 Å². The van der Waals surface area contributed by atoms with Gasteiger partial charge in [-0.15, -0.1) is 11.3 Å². The quantitative estimate of drug-likeness (QED) is 0.678. The first-order chi connectivity index (χ1) is 8.65. The topological polar surface area (TPSA) is 17.8 Å². The molecule has 0 radical (unpaired) electrons. The van der Waals surface area contributed by atoms with E-state index >= 15 is 0 Å². The van der Waals surface area contributed by atoms with Crippen LogP contribution in [-0.2, 0) is 6.54 Å². The average molecular weight is 277 g/mol. The van der Waals surface area contributed by atoms with Gasteiger partial charge in [0.1, 0.15) is 5.01 Å². The highest BCUT2D eigenvalue weighted by molar-refractivity contribution is 7.11. The molecule has 2 nitrogen and oxygen atoms in total. The van der Waals surface area contributed by atoms with Crippen molar-refractivity contribution in [3.05, 3.63) is 51.1 Å². The Morgan fingerprint density at radius 1 is 1.28 bits per heavy atom. The summed E-state index contributed by atoms with van der Waals surface area (Å²) >= 11 is 7.94. The minimum Gasteiger partial charge on any atom is -0.341 e. The fourth-order valence-corrected chi connectivity index (χ4v) is 3.24. The molecule has 0 saturated carbocycles. The molecular weight excluding hydrogens is 264 g/mol. The second-order valence-corrected chi connectivity index (χ2v) is 6.06. The molecule has 3 rings (SSSR count). The lowest BCUT2D eigenvalue weighted by Crippen LogP contribution is -1.97. The fraction of sp³-hybridized carbons (Fsp3) is 0.214. The summed E-state index contributed by atoms with van der Waals surface area (Å²) in [5, 5.41) is 3.05. The lowest BCUT2D eigenvalue weighted by Gasteiger charge is -2.02. The Bertz CT molecular complexity index is 692. The lowest BCUT2D eigenvalue weighted by molar-refractivity contribution is 0.824. The van der Waals surface area contributed by atoms with E-state index < -0.39 is 0 Å². The third-order valence-electron chi connectivity index (χ3n) is 3.14. The van der Waals surface area contributed by atoms with Crippen LogP contribution in [0.15, 0.2) is 30.5 Å². The molecule has 0 unspecified atom stereocenters. The number of hydrogen-bond acceptors (Lipinski definition) is 2. The van der Waals surface area contributed by atoms with E-state index in [2.05, 4.69) is 41.7 Å². The van der Waals surface area contributed by atoms with Crippen LogP contribution in [0.3, 0.4) is 0 Å². The maximum Gasteiger partial charge on any atom is 0.113 e. The number of benzene rings is 1. The summed E-state index contributed by atoms with van der Waals surface area (Å²) in [4.78, 5) is 5.87. The van der Waals surface area contributed by atoms with Crippen LogP contribution in [0.1, 0.15) is 15.6 Å². The predicted octanol–water partition coefficient (Wildman–Crippen LogP) is 4.42. The summed E-state index contributed by atoms with van der Waals surface area (Å²) in [7, 11) is 0. The van der Waals surface area contributed by atoms with E-state index in [0.29, 0.717) is 0 Å². The monoisotopic (exact) mass is 276 g/mol. The summed E-state index contributed by atoms with van der Waals surface area (Å²) in [6.45, 7) is 4.98. The number of thiazole rings is 1. The number of rotatable bonds is 2. The first-order valence-corrected chi connectivity index (χ1v) is 7.01. The third-order valence-corrected chi connectivity index (χ3v) is 4.53. The molecule has 92 valence electrons. The maximum absolute atomic E-state index is 6.18. The molecule has 0 N–H and O–H groups in total. The van der Waals surface area contributed by atoms with Crippen LogP contribution in [0, 0.1) is 13.8 Å². The van der Waals surface area contributed by atoms with Crippen LogP contribution in [0.25, 0.3) is 10.9 Å². The molecule has 4 heteroatoms. The molecule has 3 aromatic rings. The Labute approximate surface area is 115 Å². The van der Waals surface area contributed by atoms with Crippen molar-refractivity contribution in [1.82, 2.24) is 9.55 Å². The van der Waals surface area contributed by atoms with Crippen molar-refractivity contribution < 1.29 is 0 Å². The van der Waals surface area contributed by atoms with Crippen LogP contribution >= 0.6 is 22.9 Å². The first kappa shape index (κ1) is 11.8. The Morgan fingerprint density at radius 3 is 2.83 bits per heavy atom. The van der Waals surface area contributed by atoms with E-state index in [4.69, 9.17) is 11.6 Å². The van der Waals surface area contributed by atoms with Gasteiger partial charge in [0.2, 0.25) is 0 Å². The highest BCUT2D eigenvalue weighted by Crippen LogP contribution is 2.26. The Kier molecular flexibility index (Phi) is 2.88. The smallest absolute Gasteiger partial charge is 0.113 e. The van der Waals surface area contributed by atoms with Gasteiger partial charge in [-0.05, 0) is 32.0 Å². The first-order valence-electron chi connectivity index (χ1n) is 5.81. The van der Waals surface area contributed by atoms with Crippen molar-refractivity contribution in [1.29, 1.82) is 0 Å². The molecule has 1 aromatic carbocycles. The third kappa shape index (κ3) is 1.93. The van der Waals surface area contributed by atoms with Gasteiger partial charge in [0, 0.05) is 27.0 Å². The molecule has 2 heterocycles. The van der Waals surface area contributed by atoms with Crippen LogP contribution in [0.5, 0.6) is 0 Å². The Hall–Kier alpha value is -1.32. The number of aryl methyl sites for hydroxylation is 2. The largest absolute Gasteiger partial charge is 0.341 e. The van der Waals surface area contributed by atoms with E-state index in [-0.39, 0.29) is 0 Å². The SMILES string of the molecule is Cc1nc(Cn2ccc3c(Cl)cccc32)sc1C. The van der Waals surface area contributed by atoms with Crippen molar-refractivity contribution in [3.63, 3.8) is 0 Å². The zero-order valence-corrected chi connectivity index (χ0v) is 11.8. The van der Waals surface area contributed by atoms with Crippen molar-refractivity contribution >= 4 is 33.8 Å². The summed E-state index contributed by atoms with van der Waals surface area (Å²) in [6, 6.07) is 8.06. The molecule has 0 bridgehead atoms. The number of nitrogens with zero attached hydrogens (tertiary/aromatic N) is 2. The van der Waals surface area contributed by atoms with Crippen molar-refractivity contribution in [2.75, 3.05) is 0 Å². The Balaban J connectivity index is 2.02. The molecular formula is C14H13ClN2S. The highest BCUT2D eigenvalue weighted by Gasteiger charge is 2.08. The summed E-state index contributed by atoms with van der Waals surface area (Å²) < 4.78 is 2.19. The molecule has 0 aliphatic rings. The summed E-state index contributed by atoms with van der Waals surface area (Å²) in [6.07, 6.45) is 2.07. The zero-order chi connectivity index (χ0) is 12.7. The minimum absolute atomic E-state index is 0.803. The zero-order valence-electron chi connectivity index (χ0n) is 10.3. The van der Waals surface area contributed by atoms with Crippen LogP contribution in [0.2, 0.25) is 5.02 Å². The molecule has 0 fully saturated rings. The summed E-state index contributed by atoms with van der Waals surface area (Å²) in [5.74, 6) is 0. The van der Waals surface area contributed by atoms with Gasteiger partial charge in [0.25, 0.3) is 0 Å². The van der Waals surface area contributed by atoms with Gasteiger partial charge in [0.05, 0.1) is 12.2 Å². The van der Waals surface area contributed by atoms with Crippen molar-refractivity contribution in [2.45, 2.75) is 20.4 Å². The second-order valence-electron chi connectivity index (χ2n) is 4.37. The minimum atomic E-state index is 0.803. The maximum atomic E-state index is 6.18. The van der Waals surface area contributed by atoms with Gasteiger partial charge in [0.15, 0.2) is 0 Å². The number of fused-ring (bicyclic) bond motifs is 1. The van der Waals surface area contributed by atoms with E-state index in [0.717, 1.165) is 33.2 Å². The molecule has 0 aliphatic heterocycles. The van der Waals surface area contributed by atoms with Crippen LogP contribution < -0.4 is 0 Å². The van der Waals surface area contributed by atoms with Gasteiger partial charge in [-0.25, -0.2) is 4.98 Å². The standard InChI is InChI=1S/C14H13ClN2S/c1-9-10(2)18-14(16-9)8-17-7-6-11-12(15)4-3-5-13(11)17/h3-7H,8H2,1-2H3. The summed E-state index contributed by atoms with van der Waals surface area (Å²) in [5.41, 5.74) is 2.29. The fourth-order valence-electron chi connectivity index (χ4n) is 2.08. The molecule has 18 heavy (non-hydrogen) atoms. The Morgan fingerprint density at radius 2 is 2.11 bits per heavy atom. The molecule has 0 saturated heterocycles. The van der Waals surface area contributed by atoms with Crippen LogP contribution in [0.4, 0.5) is 0 Å². The highest BCUT2D eigenvalue weighted by atomic mass is 35.5. The molecule has 0 spiro atoms. The van der Waals surface area contributed by atoms with Crippen molar-refractivity contribution in [2.24, 2.45) is 0 Å². The van der Waals surface area contributed by atoms with E-state index in [1.165, 1.54) is 4.88 Å². The average Bonchev–Trinajstić information content (AvgIpc) is 2.86.